The van der Waals surface area contributed by atoms with Gasteiger partial charge in [-0.3, -0.25) is 4.99 Å². The Bertz CT molecular complexity index is 2790. The van der Waals surface area contributed by atoms with Crippen molar-refractivity contribution in [3.63, 3.8) is 0 Å². The number of allylic oxidation sites excluding steroid dienone is 1. The minimum atomic E-state index is -0.180. The molecule has 0 radical (unpaired) electrons. The average molecular weight is 705 g/mol. The molecule has 1 unspecified atom stereocenters. The highest BCUT2D eigenvalue weighted by Crippen LogP contribution is 2.55. The summed E-state index contributed by atoms with van der Waals surface area (Å²) >= 11 is 0. The normalized spacial score (nSPS) is 15.4. The maximum absolute atomic E-state index is 5.14. The Morgan fingerprint density at radius 3 is 1.73 bits per heavy atom. The van der Waals surface area contributed by atoms with Gasteiger partial charge in [-0.05, 0) is 113 Å². The van der Waals surface area contributed by atoms with Gasteiger partial charge in [0.05, 0.1) is 5.71 Å². The van der Waals surface area contributed by atoms with Crippen molar-refractivity contribution in [1.82, 2.24) is 5.32 Å². The van der Waals surface area contributed by atoms with Gasteiger partial charge in [-0.15, -0.1) is 0 Å². The number of hydrogen-bond acceptors (Lipinski definition) is 2. The van der Waals surface area contributed by atoms with Gasteiger partial charge in [0.2, 0.25) is 0 Å². The molecule has 8 aromatic carbocycles. The molecule has 0 bridgehead atoms. The van der Waals surface area contributed by atoms with Crippen LogP contribution in [0.4, 0.5) is 0 Å². The highest BCUT2D eigenvalue weighted by Gasteiger charge is 2.38. The van der Waals surface area contributed by atoms with E-state index >= 15 is 0 Å². The zero-order valence-corrected chi connectivity index (χ0v) is 31.0. The van der Waals surface area contributed by atoms with Crippen molar-refractivity contribution in [2.75, 3.05) is 0 Å². The lowest BCUT2D eigenvalue weighted by molar-refractivity contribution is 0.661. The number of benzene rings is 8. The lowest BCUT2D eigenvalue weighted by Gasteiger charge is -2.25. The van der Waals surface area contributed by atoms with E-state index in [1.807, 2.05) is 6.07 Å². The summed E-state index contributed by atoms with van der Waals surface area (Å²) in [6.07, 6.45) is 2.00. The number of nitrogens with one attached hydrogen (secondary N) is 1. The van der Waals surface area contributed by atoms with Gasteiger partial charge in [0, 0.05) is 11.1 Å². The summed E-state index contributed by atoms with van der Waals surface area (Å²) in [5.74, 6) is 0. The Kier molecular flexibility index (Phi) is 7.92. The first-order chi connectivity index (χ1) is 27.0. The van der Waals surface area contributed by atoms with E-state index in [1.165, 1.54) is 66.4 Å². The molecule has 1 aliphatic heterocycles. The van der Waals surface area contributed by atoms with E-state index in [1.54, 1.807) is 0 Å². The van der Waals surface area contributed by atoms with Gasteiger partial charge < -0.3 is 5.32 Å². The van der Waals surface area contributed by atoms with E-state index in [4.69, 9.17) is 4.99 Å². The molecule has 1 aliphatic carbocycles. The third-order valence-electron chi connectivity index (χ3n) is 11.5. The van der Waals surface area contributed by atoms with Crippen molar-refractivity contribution >= 4 is 22.2 Å². The number of fused-ring (bicyclic) bond motifs is 4. The van der Waals surface area contributed by atoms with Crippen molar-refractivity contribution in [2.24, 2.45) is 4.99 Å². The molecule has 2 aliphatic rings. The summed E-state index contributed by atoms with van der Waals surface area (Å²) in [6, 6.07) is 68.1. The van der Waals surface area contributed by atoms with Gasteiger partial charge in [-0.25, -0.2) is 0 Å². The summed E-state index contributed by atoms with van der Waals surface area (Å²) in [6.45, 7) is 4.77. The third-order valence-corrected chi connectivity index (χ3v) is 11.5. The van der Waals surface area contributed by atoms with Crippen molar-refractivity contribution in [1.29, 1.82) is 0 Å². The standard InChI is InChI=1S/C53H40N2/c1-53(2)46-32-41(28-29-45(46)51-47(53)33-42-22-12-13-27-44(42)50(51)36-18-8-4-9-19-36)39-24-14-23-38(30-39)40-25-15-26-43(31-40)49-34-48(35-16-6-3-7-17-35)54-52(55-49)37-20-10-5-11-21-37/h3-34,52,55H,1-2H3. The fraction of sp³-hybridized carbons (Fsp3) is 0.0755. The molecular formula is C53H40N2. The molecule has 2 heteroatoms. The van der Waals surface area contributed by atoms with Gasteiger partial charge in [0.25, 0.3) is 0 Å². The largest absolute Gasteiger partial charge is 0.360 e. The average Bonchev–Trinajstić information content (AvgIpc) is 3.48. The fourth-order valence-electron chi connectivity index (χ4n) is 8.63. The monoisotopic (exact) mass is 704 g/mol. The molecule has 0 aromatic heterocycles. The van der Waals surface area contributed by atoms with Crippen molar-refractivity contribution < 1.29 is 0 Å². The summed E-state index contributed by atoms with van der Waals surface area (Å²) < 4.78 is 0. The second kappa shape index (κ2) is 13.3. The first-order valence-electron chi connectivity index (χ1n) is 19.2. The van der Waals surface area contributed by atoms with Crippen LogP contribution in [-0.2, 0) is 5.41 Å². The summed E-state index contributed by atoms with van der Waals surface area (Å²) in [5.41, 5.74) is 18.1. The molecule has 0 amide bonds. The Labute approximate surface area is 323 Å². The SMILES string of the molecule is CC1(C)c2cc(-c3cccc(-c4cccc(C5=CC(c6ccccc6)=NC(c6ccccc6)N5)c4)c3)ccc2-c2c1cc1ccccc1c2-c1ccccc1. The van der Waals surface area contributed by atoms with E-state index in [0.29, 0.717) is 0 Å². The molecule has 1 atom stereocenters. The molecule has 1 heterocycles. The lowest BCUT2D eigenvalue weighted by atomic mass is 9.80. The molecule has 1 N–H and O–H groups in total. The van der Waals surface area contributed by atoms with Gasteiger partial charge >= 0.3 is 0 Å². The van der Waals surface area contributed by atoms with Crippen LogP contribution < -0.4 is 5.32 Å². The molecule has 55 heavy (non-hydrogen) atoms. The molecule has 262 valence electrons. The van der Waals surface area contributed by atoms with Crippen LogP contribution in [0.15, 0.2) is 199 Å². The molecule has 0 fully saturated rings. The number of hydrogen-bond donors (Lipinski definition) is 1. The Hall–Kier alpha value is -6.77. The van der Waals surface area contributed by atoms with Crippen LogP contribution in [-0.4, -0.2) is 5.71 Å². The molecule has 0 spiro atoms. The quantitative estimate of drug-likeness (QED) is 0.183. The zero-order valence-electron chi connectivity index (χ0n) is 31.0. The summed E-state index contributed by atoms with van der Waals surface area (Å²) in [4.78, 5) is 5.14. The van der Waals surface area contributed by atoms with Gasteiger partial charge in [-0.2, -0.15) is 0 Å². The van der Waals surface area contributed by atoms with Crippen molar-refractivity contribution in [3.05, 3.63) is 222 Å². The maximum atomic E-state index is 5.14. The Morgan fingerprint density at radius 2 is 1.02 bits per heavy atom. The summed E-state index contributed by atoms with van der Waals surface area (Å²) in [5, 5.41) is 6.33. The van der Waals surface area contributed by atoms with E-state index in [2.05, 4.69) is 207 Å². The van der Waals surface area contributed by atoms with Crippen molar-refractivity contribution in [2.45, 2.75) is 25.4 Å². The zero-order chi connectivity index (χ0) is 36.9. The van der Waals surface area contributed by atoms with Crippen LogP contribution in [0.1, 0.15) is 47.8 Å². The topological polar surface area (TPSA) is 24.4 Å². The molecular weight excluding hydrogens is 665 g/mol. The van der Waals surface area contributed by atoms with Crippen LogP contribution >= 0.6 is 0 Å². The van der Waals surface area contributed by atoms with E-state index in [-0.39, 0.29) is 11.6 Å². The Balaban J connectivity index is 1.02. The highest BCUT2D eigenvalue weighted by atomic mass is 15.1. The number of aliphatic imine (C=N–C) groups is 1. The van der Waals surface area contributed by atoms with Crippen LogP contribution in [0, 0.1) is 0 Å². The molecule has 8 aromatic rings. The number of rotatable bonds is 6. The van der Waals surface area contributed by atoms with Crippen LogP contribution in [0.5, 0.6) is 0 Å². The fourth-order valence-corrected chi connectivity index (χ4v) is 8.63. The lowest BCUT2D eigenvalue weighted by Crippen LogP contribution is -2.24. The van der Waals surface area contributed by atoms with Crippen molar-refractivity contribution in [3.8, 4) is 44.5 Å². The van der Waals surface area contributed by atoms with E-state index in [0.717, 1.165) is 28.1 Å². The van der Waals surface area contributed by atoms with Gasteiger partial charge in [0.15, 0.2) is 0 Å². The van der Waals surface area contributed by atoms with Crippen LogP contribution in [0.25, 0.3) is 61.0 Å². The highest BCUT2D eigenvalue weighted by molar-refractivity contribution is 6.13. The van der Waals surface area contributed by atoms with Gasteiger partial charge in [0.1, 0.15) is 6.17 Å². The first kappa shape index (κ1) is 32.8. The smallest absolute Gasteiger partial charge is 0.145 e. The minimum absolute atomic E-state index is 0.152. The third kappa shape index (κ3) is 5.79. The maximum Gasteiger partial charge on any atom is 0.145 e. The second-order valence-electron chi connectivity index (χ2n) is 15.2. The first-order valence-corrected chi connectivity index (χ1v) is 19.2. The minimum Gasteiger partial charge on any atom is -0.360 e. The molecule has 0 saturated carbocycles. The number of nitrogens with zero attached hydrogens (tertiary/aromatic N) is 1. The van der Waals surface area contributed by atoms with Crippen LogP contribution in [0.2, 0.25) is 0 Å². The predicted molar refractivity (Wildman–Crippen MR) is 231 cm³/mol. The summed E-state index contributed by atoms with van der Waals surface area (Å²) in [7, 11) is 0. The molecule has 0 saturated heterocycles. The molecule has 10 rings (SSSR count). The van der Waals surface area contributed by atoms with Gasteiger partial charge in [-0.1, -0.05) is 178 Å². The second-order valence-corrected chi connectivity index (χ2v) is 15.2. The molecule has 2 nitrogen and oxygen atoms in total. The van der Waals surface area contributed by atoms with Crippen LogP contribution in [0.3, 0.4) is 0 Å². The van der Waals surface area contributed by atoms with E-state index < -0.39 is 0 Å². The van der Waals surface area contributed by atoms with E-state index in [9.17, 15) is 0 Å². The Morgan fingerprint density at radius 1 is 0.455 bits per heavy atom. The predicted octanol–water partition coefficient (Wildman–Crippen LogP) is 13.3.